The van der Waals surface area contributed by atoms with Crippen molar-refractivity contribution in [1.82, 2.24) is 9.80 Å². The molecule has 0 aromatic heterocycles. The second kappa shape index (κ2) is 8.37. The molecule has 2 aromatic rings. The van der Waals surface area contributed by atoms with Crippen LogP contribution in [0.2, 0.25) is 0 Å². The van der Waals surface area contributed by atoms with E-state index in [2.05, 4.69) is 36.9 Å². The first-order valence-electron chi connectivity index (χ1n) is 9.43. The van der Waals surface area contributed by atoms with Gasteiger partial charge in [0, 0.05) is 24.2 Å². The molecule has 0 aliphatic carbocycles. The SMILES string of the molecule is CCN(CC)Cc1ccc2c(c1)CN(C(=O)c1cccc(C)c1)CCO2. The monoisotopic (exact) mass is 352 g/mol. The molecule has 0 atom stereocenters. The summed E-state index contributed by atoms with van der Waals surface area (Å²) in [4.78, 5) is 17.2. The van der Waals surface area contributed by atoms with Gasteiger partial charge in [0.15, 0.2) is 0 Å². The molecular weight excluding hydrogens is 324 g/mol. The van der Waals surface area contributed by atoms with Crippen molar-refractivity contribution >= 4 is 5.91 Å². The van der Waals surface area contributed by atoms with Gasteiger partial charge in [-0.15, -0.1) is 0 Å². The Morgan fingerprint density at radius 1 is 1.15 bits per heavy atom. The number of carbonyl (C=O) groups is 1. The van der Waals surface area contributed by atoms with Crippen molar-refractivity contribution in [1.29, 1.82) is 0 Å². The van der Waals surface area contributed by atoms with E-state index in [9.17, 15) is 4.79 Å². The molecule has 0 fully saturated rings. The van der Waals surface area contributed by atoms with Crippen molar-refractivity contribution in [3.63, 3.8) is 0 Å². The van der Waals surface area contributed by atoms with E-state index < -0.39 is 0 Å². The Hall–Kier alpha value is -2.33. The van der Waals surface area contributed by atoms with Gasteiger partial charge in [-0.3, -0.25) is 9.69 Å². The number of fused-ring (bicyclic) bond motifs is 1. The van der Waals surface area contributed by atoms with Gasteiger partial charge in [0.05, 0.1) is 6.54 Å². The van der Waals surface area contributed by atoms with E-state index in [1.54, 1.807) is 0 Å². The molecule has 2 aromatic carbocycles. The minimum absolute atomic E-state index is 0.0688. The van der Waals surface area contributed by atoms with Gasteiger partial charge in [0.2, 0.25) is 0 Å². The Morgan fingerprint density at radius 3 is 2.69 bits per heavy atom. The van der Waals surface area contributed by atoms with E-state index in [1.165, 1.54) is 5.56 Å². The number of rotatable bonds is 5. The van der Waals surface area contributed by atoms with Crippen molar-refractivity contribution in [3.8, 4) is 5.75 Å². The van der Waals surface area contributed by atoms with Crippen LogP contribution in [0.15, 0.2) is 42.5 Å². The standard InChI is InChI=1S/C22H28N2O2/c1-4-23(5-2)15-18-9-10-21-20(14-18)16-24(11-12-26-21)22(25)19-8-6-7-17(3)13-19/h6-10,13-14H,4-5,11-12,15-16H2,1-3H3. The van der Waals surface area contributed by atoms with Crippen LogP contribution in [0, 0.1) is 6.92 Å². The summed E-state index contributed by atoms with van der Waals surface area (Å²) in [6.45, 7) is 11.1. The minimum atomic E-state index is 0.0688. The fourth-order valence-electron chi connectivity index (χ4n) is 3.39. The van der Waals surface area contributed by atoms with Crippen LogP contribution >= 0.6 is 0 Å². The van der Waals surface area contributed by atoms with Crippen LogP contribution in [0.25, 0.3) is 0 Å². The molecule has 0 saturated heterocycles. The second-order valence-corrected chi connectivity index (χ2v) is 6.85. The number of ether oxygens (including phenoxy) is 1. The van der Waals surface area contributed by atoms with Crippen molar-refractivity contribution in [2.75, 3.05) is 26.2 Å². The van der Waals surface area contributed by atoms with Gasteiger partial charge < -0.3 is 9.64 Å². The van der Waals surface area contributed by atoms with Crippen molar-refractivity contribution in [2.45, 2.75) is 33.9 Å². The fraction of sp³-hybridized carbons (Fsp3) is 0.409. The van der Waals surface area contributed by atoms with Gasteiger partial charge in [-0.25, -0.2) is 0 Å². The maximum Gasteiger partial charge on any atom is 0.254 e. The Labute approximate surface area is 156 Å². The highest BCUT2D eigenvalue weighted by Crippen LogP contribution is 2.26. The van der Waals surface area contributed by atoms with Crippen LogP contribution in [-0.4, -0.2) is 41.9 Å². The third-order valence-electron chi connectivity index (χ3n) is 4.96. The summed E-state index contributed by atoms with van der Waals surface area (Å²) in [6.07, 6.45) is 0. The molecule has 4 nitrogen and oxygen atoms in total. The number of carbonyl (C=O) groups excluding carboxylic acids is 1. The molecule has 1 aliphatic rings. The van der Waals surface area contributed by atoms with Crippen molar-refractivity contribution < 1.29 is 9.53 Å². The predicted molar refractivity (Wildman–Crippen MR) is 104 cm³/mol. The first-order chi connectivity index (χ1) is 12.6. The fourth-order valence-corrected chi connectivity index (χ4v) is 3.39. The van der Waals surface area contributed by atoms with Crippen LogP contribution < -0.4 is 4.74 Å². The molecule has 0 spiro atoms. The van der Waals surface area contributed by atoms with Crippen molar-refractivity contribution in [3.05, 3.63) is 64.7 Å². The van der Waals surface area contributed by atoms with Gasteiger partial charge in [0.1, 0.15) is 12.4 Å². The first kappa shape index (κ1) is 18.5. The smallest absolute Gasteiger partial charge is 0.254 e. The van der Waals surface area contributed by atoms with Gasteiger partial charge in [-0.05, 0) is 49.8 Å². The molecule has 0 radical (unpaired) electrons. The Kier molecular flexibility index (Phi) is 5.94. The highest BCUT2D eigenvalue weighted by atomic mass is 16.5. The largest absolute Gasteiger partial charge is 0.491 e. The lowest BCUT2D eigenvalue weighted by Gasteiger charge is -2.21. The Balaban J connectivity index is 1.81. The molecule has 26 heavy (non-hydrogen) atoms. The van der Waals surface area contributed by atoms with Gasteiger partial charge >= 0.3 is 0 Å². The van der Waals surface area contributed by atoms with Crippen LogP contribution in [0.3, 0.4) is 0 Å². The zero-order valence-electron chi connectivity index (χ0n) is 16.0. The molecule has 138 valence electrons. The van der Waals surface area contributed by atoms with E-state index >= 15 is 0 Å². The highest BCUT2D eigenvalue weighted by molar-refractivity contribution is 5.94. The van der Waals surface area contributed by atoms with Crippen LogP contribution in [0.5, 0.6) is 5.75 Å². The Morgan fingerprint density at radius 2 is 1.96 bits per heavy atom. The maximum absolute atomic E-state index is 12.9. The van der Waals surface area contributed by atoms with Gasteiger partial charge in [0.25, 0.3) is 5.91 Å². The lowest BCUT2D eigenvalue weighted by molar-refractivity contribution is 0.0733. The van der Waals surface area contributed by atoms with E-state index in [0.29, 0.717) is 19.7 Å². The summed E-state index contributed by atoms with van der Waals surface area (Å²) in [5.41, 5.74) is 4.20. The maximum atomic E-state index is 12.9. The molecule has 0 bridgehead atoms. The number of amides is 1. The van der Waals surface area contributed by atoms with E-state index in [1.807, 2.05) is 36.1 Å². The van der Waals surface area contributed by atoms with Gasteiger partial charge in [-0.2, -0.15) is 0 Å². The molecule has 1 amide bonds. The summed E-state index contributed by atoms with van der Waals surface area (Å²) < 4.78 is 5.89. The molecule has 1 aliphatic heterocycles. The van der Waals surface area contributed by atoms with Crippen LogP contribution in [0.4, 0.5) is 0 Å². The van der Waals surface area contributed by atoms with Gasteiger partial charge in [-0.1, -0.05) is 37.6 Å². The minimum Gasteiger partial charge on any atom is -0.491 e. The van der Waals surface area contributed by atoms with E-state index in [-0.39, 0.29) is 5.91 Å². The predicted octanol–water partition coefficient (Wildman–Crippen LogP) is 3.87. The zero-order valence-corrected chi connectivity index (χ0v) is 16.0. The normalized spacial score (nSPS) is 13.9. The number of hydrogen-bond donors (Lipinski definition) is 0. The zero-order chi connectivity index (χ0) is 18.5. The average molecular weight is 352 g/mol. The number of nitrogens with zero attached hydrogens (tertiary/aromatic N) is 2. The molecule has 4 heteroatoms. The van der Waals surface area contributed by atoms with Crippen molar-refractivity contribution in [2.24, 2.45) is 0 Å². The molecule has 0 unspecified atom stereocenters. The van der Waals surface area contributed by atoms with E-state index in [0.717, 1.165) is 42.1 Å². The molecule has 0 N–H and O–H groups in total. The topological polar surface area (TPSA) is 32.8 Å². The lowest BCUT2D eigenvalue weighted by atomic mass is 10.1. The second-order valence-electron chi connectivity index (χ2n) is 6.85. The summed E-state index contributed by atoms with van der Waals surface area (Å²) in [5, 5.41) is 0. The summed E-state index contributed by atoms with van der Waals surface area (Å²) in [6, 6.07) is 14.2. The number of aryl methyl sites for hydroxylation is 1. The molecular formula is C22H28N2O2. The summed E-state index contributed by atoms with van der Waals surface area (Å²) >= 11 is 0. The quantitative estimate of drug-likeness (QED) is 0.819. The third-order valence-corrected chi connectivity index (χ3v) is 4.96. The average Bonchev–Trinajstić information content (AvgIpc) is 2.87. The number of benzene rings is 2. The number of hydrogen-bond acceptors (Lipinski definition) is 3. The third kappa shape index (κ3) is 4.25. The molecule has 3 rings (SSSR count). The Bertz CT molecular complexity index is 768. The molecule has 0 saturated carbocycles. The van der Waals surface area contributed by atoms with E-state index in [4.69, 9.17) is 4.74 Å². The van der Waals surface area contributed by atoms with Crippen LogP contribution in [0.1, 0.15) is 40.9 Å². The lowest BCUT2D eigenvalue weighted by Crippen LogP contribution is -2.32. The summed E-state index contributed by atoms with van der Waals surface area (Å²) in [5.74, 6) is 0.965. The summed E-state index contributed by atoms with van der Waals surface area (Å²) in [7, 11) is 0. The molecule has 1 heterocycles. The highest BCUT2D eigenvalue weighted by Gasteiger charge is 2.21. The van der Waals surface area contributed by atoms with Crippen LogP contribution in [-0.2, 0) is 13.1 Å². The first-order valence-corrected chi connectivity index (χ1v) is 9.43.